The maximum Gasteiger partial charge on any atom is 0.282 e. The average Bonchev–Trinajstić information content (AvgIpc) is 2.09. The first kappa shape index (κ1) is 10.3. The second-order valence-electron chi connectivity index (χ2n) is 2.25. The second kappa shape index (κ2) is 3.95. The zero-order valence-corrected chi connectivity index (χ0v) is 8.46. The molecule has 70 valence electrons. The first-order chi connectivity index (χ1) is 6.06. The van der Waals surface area contributed by atoms with Crippen LogP contribution in [0.4, 0.5) is 14.5 Å². The number of carbonyl (C=O) groups excluding carboxylic acids is 1. The molecule has 0 fully saturated rings. The van der Waals surface area contributed by atoms with E-state index in [0.717, 1.165) is 0 Å². The minimum atomic E-state index is -2.76. The van der Waals surface area contributed by atoms with E-state index in [2.05, 4.69) is 4.98 Å². The van der Waals surface area contributed by atoms with Gasteiger partial charge in [-0.3, -0.25) is 4.79 Å². The highest BCUT2D eigenvalue weighted by Crippen LogP contribution is 2.26. The molecule has 13 heavy (non-hydrogen) atoms. The number of rotatable bonds is 2. The van der Waals surface area contributed by atoms with Crippen LogP contribution in [0.5, 0.6) is 0 Å². The molecule has 6 heteroatoms. The van der Waals surface area contributed by atoms with Gasteiger partial charge in [-0.05, 0) is 28.7 Å². The topological polar surface area (TPSA) is 56.0 Å². The van der Waals surface area contributed by atoms with Crippen LogP contribution in [0.3, 0.4) is 0 Å². The molecule has 0 atom stereocenters. The highest BCUT2D eigenvalue weighted by Gasteiger charge is 2.16. The van der Waals surface area contributed by atoms with E-state index in [1.54, 1.807) is 22.6 Å². The summed E-state index contributed by atoms with van der Waals surface area (Å²) in [7, 11) is 0. The van der Waals surface area contributed by atoms with Gasteiger partial charge < -0.3 is 5.73 Å². The minimum Gasteiger partial charge on any atom is -0.396 e. The molecule has 1 heterocycles. The molecule has 2 N–H and O–H groups in total. The van der Waals surface area contributed by atoms with Gasteiger partial charge in [0.1, 0.15) is 11.4 Å². The Morgan fingerprint density at radius 3 is 2.69 bits per heavy atom. The number of nitrogens with two attached hydrogens (primary N) is 1. The molecule has 0 aromatic carbocycles. The second-order valence-corrected chi connectivity index (χ2v) is 3.41. The summed E-state index contributed by atoms with van der Waals surface area (Å²) in [5, 5.41) is 0. The van der Waals surface area contributed by atoms with Crippen LogP contribution in [0, 0.1) is 3.57 Å². The Hall–Kier alpha value is -0.790. The van der Waals surface area contributed by atoms with Crippen molar-refractivity contribution in [3.05, 3.63) is 21.0 Å². The monoisotopic (exact) mass is 298 g/mol. The van der Waals surface area contributed by atoms with Crippen molar-refractivity contribution in [2.45, 2.75) is 6.43 Å². The number of halogens is 3. The lowest BCUT2D eigenvalue weighted by Gasteiger charge is -2.05. The largest absolute Gasteiger partial charge is 0.396 e. The van der Waals surface area contributed by atoms with E-state index in [9.17, 15) is 13.6 Å². The molecule has 0 bridgehead atoms. The van der Waals surface area contributed by atoms with Crippen LogP contribution in [-0.2, 0) is 0 Å². The van der Waals surface area contributed by atoms with Gasteiger partial charge in [0.25, 0.3) is 6.43 Å². The first-order valence-corrected chi connectivity index (χ1v) is 4.33. The SMILES string of the molecule is Nc1c(I)cc(C=O)nc1C(F)F. The normalized spacial score (nSPS) is 10.5. The van der Waals surface area contributed by atoms with Gasteiger partial charge in [0.2, 0.25) is 0 Å². The highest BCUT2D eigenvalue weighted by atomic mass is 127. The summed E-state index contributed by atoms with van der Waals surface area (Å²) in [5.41, 5.74) is 4.71. The number of carbonyl (C=O) groups is 1. The number of alkyl halides is 2. The summed E-state index contributed by atoms with van der Waals surface area (Å²) in [4.78, 5) is 13.7. The molecule has 0 spiro atoms. The van der Waals surface area contributed by atoms with Gasteiger partial charge in [-0.15, -0.1) is 0 Å². The molecule has 3 nitrogen and oxygen atoms in total. The van der Waals surface area contributed by atoms with Crippen molar-refractivity contribution < 1.29 is 13.6 Å². The number of aldehydes is 1. The quantitative estimate of drug-likeness (QED) is 0.671. The van der Waals surface area contributed by atoms with Crippen molar-refractivity contribution in [2.24, 2.45) is 0 Å². The molecule has 0 aliphatic rings. The number of aromatic nitrogens is 1. The number of nitrogens with zero attached hydrogens (tertiary/aromatic N) is 1. The van der Waals surface area contributed by atoms with Crippen molar-refractivity contribution in [3.63, 3.8) is 0 Å². The van der Waals surface area contributed by atoms with Crippen LogP contribution in [0.1, 0.15) is 22.6 Å². The van der Waals surface area contributed by atoms with Gasteiger partial charge in [-0.2, -0.15) is 0 Å². The maximum absolute atomic E-state index is 12.3. The predicted molar refractivity (Wildman–Crippen MR) is 51.7 cm³/mol. The van der Waals surface area contributed by atoms with Crippen LogP contribution in [-0.4, -0.2) is 11.3 Å². The van der Waals surface area contributed by atoms with Gasteiger partial charge >= 0.3 is 0 Å². The lowest BCUT2D eigenvalue weighted by atomic mass is 10.2. The fourth-order valence-electron chi connectivity index (χ4n) is 0.788. The molecule has 0 aliphatic heterocycles. The van der Waals surface area contributed by atoms with E-state index in [1.807, 2.05) is 0 Å². The smallest absolute Gasteiger partial charge is 0.282 e. The van der Waals surface area contributed by atoms with Crippen molar-refractivity contribution in [1.82, 2.24) is 4.98 Å². The number of pyridine rings is 1. The molecule has 0 saturated heterocycles. The van der Waals surface area contributed by atoms with E-state index in [1.165, 1.54) is 6.07 Å². The molecule has 0 aliphatic carbocycles. The third-order valence-electron chi connectivity index (χ3n) is 1.38. The Morgan fingerprint density at radius 2 is 2.23 bits per heavy atom. The lowest BCUT2D eigenvalue weighted by Crippen LogP contribution is -2.03. The fourth-order valence-corrected chi connectivity index (χ4v) is 1.38. The first-order valence-electron chi connectivity index (χ1n) is 3.25. The Kier molecular flexibility index (Phi) is 3.12. The number of hydrogen-bond acceptors (Lipinski definition) is 3. The lowest BCUT2D eigenvalue weighted by molar-refractivity contribution is 0.111. The summed E-state index contributed by atoms with van der Waals surface area (Å²) in [6, 6.07) is 1.36. The van der Waals surface area contributed by atoms with Crippen molar-refractivity contribution in [3.8, 4) is 0 Å². The Bertz CT molecular complexity index is 344. The van der Waals surface area contributed by atoms with Gasteiger partial charge in [-0.25, -0.2) is 13.8 Å². The molecule has 1 aromatic heterocycles. The highest BCUT2D eigenvalue weighted by molar-refractivity contribution is 14.1. The van der Waals surface area contributed by atoms with Gasteiger partial charge in [0.05, 0.1) is 5.69 Å². The summed E-state index contributed by atoms with van der Waals surface area (Å²) in [5.74, 6) is 0. The van der Waals surface area contributed by atoms with Gasteiger partial charge in [-0.1, -0.05) is 0 Å². The van der Waals surface area contributed by atoms with Crippen LogP contribution >= 0.6 is 22.6 Å². The van der Waals surface area contributed by atoms with Crippen molar-refractivity contribution in [2.75, 3.05) is 5.73 Å². The van der Waals surface area contributed by atoms with E-state index in [4.69, 9.17) is 5.73 Å². The molecular weight excluding hydrogens is 293 g/mol. The summed E-state index contributed by atoms with van der Waals surface area (Å²) in [6.45, 7) is 0. The number of anilines is 1. The van der Waals surface area contributed by atoms with Crippen molar-refractivity contribution >= 4 is 34.6 Å². The van der Waals surface area contributed by atoms with Gasteiger partial charge in [0, 0.05) is 3.57 Å². The molecule has 0 radical (unpaired) electrons. The summed E-state index contributed by atoms with van der Waals surface area (Å²) < 4.78 is 24.9. The maximum atomic E-state index is 12.3. The Morgan fingerprint density at radius 1 is 1.62 bits per heavy atom. The molecule has 1 aromatic rings. The van der Waals surface area contributed by atoms with Crippen LogP contribution in [0.15, 0.2) is 6.07 Å². The number of nitrogen functional groups attached to an aromatic ring is 1. The molecule has 0 unspecified atom stereocenters. The Balaban J connectivity index is 3.32. The van der Waals surface area contributed by atoms with E-state index in [-0.39, 0.29) is 11.4 Å². The summed E-state index contributed by atoms with van der Waals surface area (Å²) in [6.07, 6.45) is -2.35. The number of hydrogen-bond donors (Lipinski definition) is 1. The standard InChI is InChI=1S/C7H5F2IN2O/c8-7(9)6-5(11)4(10)1-3(2-13)12-6/h1-2,7H,11H2. The fraction of sp³-hybridized carbons (Fsp3) is 0.143. The van der Waals surface area contributed by atoms with Crippen LogP contribution in [0.2, 0.25) is 0 Å². The summed E-state index contributed by atoms with van der Waals surface area (Å²) >= 11 is 1.78. The minimum absolute atomic E-state index is 0.0334. The van der Waals surface area contributed by atoms with Gasteiger partial charge in [0.15, 0.2) is 6.29 Å². The van der Waals surface area contributed by atoms with E-state index in [0.29, 0.717) is 9.86 Å². The Labute approximate surface area is 86.5 Å². The molecule has 1 rings (SSSR count). The van der Waals surface area contributed by atoms with Crippen LogP contribution < -0.4 is 5.73 Å². The van der Waals surface area contributed by atoms with Crippen LogP contribution in [0.25, 0.3) is 0 Å². The third-order valence-corrected chi connectivity index (χ3v) is 2.28. The molecule has 0 amide bonds. The zero-order valence-electron chi connectivity index (χ0n) is 6.30. The molecular formula is C7H5F2IN2O. The predicted octanol–water partition coefficient (Wildman–Crippen LogP) is 2.02. The molecule has 0 saturated carbocycles. The van der Waals surface area contributed by atoms with E-state index >= 15 is 0 Å². The average molecular weight is 298 g/mol. The van der Waals surface area contributed by atoms with E-state index < -0.39 is 12.1 Å². The van der Waals surface area contributed by atoms with Crippen molar-refractivity contribution in [1.29, 1.82) is 0 Å². The third kappa shape index (κ3) is 2.11. The zero-order chi connectivity index (χ0) is 10.0.